The predicted molar refractivity (Wildman–Crippen MR) is 69.6 cm³/mol. The number of nitrogens with one attached hydrogen (secondary N) is 1. The van der Waals surface area contributed by atoms with E-state index in [0.29, 0.717) is 19.5 Å². The summed E-state index contributed by atoms with van der Waals surface area (Å²) in [6.07, 6.45) is 0.486. The van der Waals surface area contributed by atoms with Gasteiger partial charge in [0.15, 0.2) is 15.6 Å². The molecule has 0 spiro atoms. The number of Topliss-reactive ketones (excluding diaryl/α,β-unsaturated/α-hetero) is 1. The predicted octanol–water partition coefficient (Wildman–Crippen LogP) is -3.42. The first-order chi connectivity index (χ1) is 8.57. The molecule has 6 heteroatoms. The third-order valence-corrected chi connectivity index (χ3v) is 4.99. The van der Waals surface area contributed by atoms with Gasteiger partial charge in [0.1, 0.15) is 0 Å². The van der Waals surface area contributed by atoms with Gasteiger partial charge in [-0.3, -0.25) is 4.79 Å². The van der Waals surface area contributed by atoms with Crippen LogP contribution in [0.1, 0.15) is 16.8 Å². The number of halogens is 1. The van der Waals surface area contributed by atoms with Crippen LogP contribution in [0.15, 0.2) is 30.3 Å². The minimum atomic E-state index is -2.81. The van der Waals surface area contributed by atoms with Crippen molar-refractivity contribution in [3.63, 3.8) is 0 Å². The second kappa shape index (κ2) is 7.03. The van der Waals surface area contributed by atoms with Crippen LogP contribution in [-0.4, -0.2) is 45.3 Å². The van der Waals surface area contributed by atoms with E-state index in [1.807, 2.05) is 30.3 Å². The molecule has 2 rings (SSSR count). The number of rotatable bonds is 4. The third kappa shape index (κ3) is 4.93. The Morgan fingerprint density at radius 3 is 2.26 bits per heavy atom. The fourth-order valence-corrected chi connectivity index (χ4v) is 3.54. The molecule has 1 saturated heterocycles. The van der Waals surface area contributed by atoms with Crippen molar-refractivity contribution in [2.45, 2.75) is 6.42 Å². The van der Waals surface area contributed by atoms with Crippen molar-refractivity contribution in [3.05, 3.63) is 35.9 Å². The molecule has 0 unspecified atom stereocenters. The van der Waals surface area contributed by atoms with E-state index in [2.05, 4.69) is 0 Å². The molecule has 0 saturated carbocycles. The zero-order valence-corrected chi connectivity index (χ0v) is 12.2. The number of quaternary nitrogens is 1. The Labute approximate surface area is 120 Å². The molecule has 0 amide bonds. The van der Waals surface area contributed by atoms with E-state index in [9.17, 15) is 13.2 Å². The van der Waals surface area contributed by atoms with E-state index < -0.39 is 9.84 Å². The van der Waals surface area contributed by atoms with Gasteiger partial charge in [-0.1, -0.05) is 30.3 Å². The molecular formula is C13H18ClNO3S. The minimum absolute atomic E-state index is 0. The summed E-state index contributed by atoms with van der Waals surface area (Å²) in [5, 5.41) is 0. The summed E-state index contributed by atoms with van der Waals surface area (Å²) in [7, 11) is -2.81. The highest BCUT2D eigenvalue weighted by atomic mass is 35.5. The first kappa shape index (κ1) is 16.1. The molecule has 4 nitrogen and oxygen atoms in total. The van der Waals surface area contributed by atoms with Crippen molar-refractivity contribution in [2.75, 3.05) is 31.1 Å². The van der Waals surface area contributed by atoms with Gasteiger partial charge in [-0.15, -0.1) is 0 Å². The summed E-state index contributed by atoms with van der Waals surface area (Å²) < 4.78 is 22.6. The number of benzene rings is 1. The van der Waals surface area contributed by atoms with Gasteiger partial charge < -0.3 is 17.3 Å². The standard InChI is InChI=1S/C13H17NO3S.ClH/c15-13(12-4-2-1-3-5-12)6-7-14-8-10-18(16,17)11-9-14;/h1-5H,6-11H2;1H. The van der Waals surface area contributed by atoms with Crippen LogP contribution in [0.4, 0.5) is 0 Å². The normalized spacial score (nSPS) is 18.5. The second-order valence-corrected chi connectivity index (χ2v) is 6.99. The SMILES string of the molecule is O=C(CC[NH+]1CCS(=O)(=O)CC1)c1ccccc1.[Cl-]. The molecular weight excluding hydrogens is 286 g/mol. The first-order valence-corrected chi connectivity index (χ1v) is 8.01. The van der Waals surface area contributed by atoms with Gasteiger partial charge in [0.05, 0.1) is 37.6 Å². The average molecular weight is 304 g/mol. The quantitative estimate of drug-likeness (QED) is 0.590. The Balaban J connectivity index is 0.00000180. The summed E-state index contributed by atoms with van der Waals surface area (Å²) in [6, 6.07) is 9.23. The van der Waals surface area contributed by atoms with E-state index in [4.69, 9.17) is 0 Å². The van der Waals surface area contributed by atoms with Crippen molar-refractivity contribution in [3.8, 4) is 0 Å². The highest BCUT2D eigenvalue weighted by Gasteiger charge is 2.24. The van der Waals surface area contributed by atoms with Crippen molar-refractivity contribution in [1.29, 1.82) is 0 Å². The molecule has 0 radical (unpaired) electrons. The molecule has 106 valence electrons. The van der Waals surface area contributed by atoms with Gasteiger partial charge in [0, 0.05) is 5.56 Å². The molecule has 1 aliphatic heterocycles. The van der Waals surface area contributed by atoms with Crippen molar-refractivity contribution >= 4 is 15.6 Å². The maximum absolute atomic E-state index is 11.9. The Morgan fingerprint density at radius 1 is 1.11 bits per heavy atom. The molecule has 1 heterocycles. The monoisotopic (exact) mass is 303 g/mol. The maximum atomic E-state index is 11.9. The van der Waals surface area contributed by atoms with Gasteiger partial charge in [-0.05, 0) is 0 Å². The van der Waals surface area contributed by atoms with E-state index in [1.165, 1.54) is 4.90 Å². The highest BCUT2D eigenvalue weighted by Crippen LogP contribution is 2.01. The van der Waals surface area contributed by atoms with Crippen molar-refractivity contribution < 1.29 is 30.5 Å². The van der Waals surface area contributed by atoms with Gasteiger partial charge in [-0.2, -0.15) is 0 Å². The van der Waals surface area contributed by atoms with Crippen LogP contribution in [0.25, 0.3) is 0 Å². The highest BCUT2D eigenvalue weighted by molar-refractivity contribution is 7.91. The van der Waals surface area contributed by atoms with Gasteiger partial charge in [0.2, 0.25) is 0 Å². The lowest BCUT2D eigenvalue weighted by molar-refractivity contribution is -0.895. The number of sulfone groups is 1. The summed E-state index contributed by atoms with van der Waals surface area (Å²) in [5.41, 5.74) is 0.738. The zero-order chi connectivity index (χ0) is 13.0. The lowest BCUT2D eigenvalue weighted by atomic mass is 10.1. The molecule has 1 aromatic rings. The lowest BCUT2D eigenvalue weighted by Gasteiger charge is -2.23. The topological polar surface area (TPSA) is 55.6 Å². The lowest BCUT2D eigenvalue weighted by Crippen LogP contribution is -3.14. The molecule has 1 aromatic carbocycles. The molecule has 0 aliphatic carbocycles. The Morgan fingerprint density at radius 2 is 1.68 bits per heavy atom. The maximum Gasteiger partial charge on any atom is 0.168 e. The number of carbonyl (C=O) groups excluding carboxylic acids is 1. The van der Waals surface area contributed by atoms with E-state index in [0.717, 1.165) is 12.1 Å². The fraction of sp³-hybridized carbons (Fsp3) is 0.462. The largest absolute Gasteiger partial charge is 1.00 e. The summed E-state index contributed by atoms with van der Waals surface area (Å²) in [6.45, 7) is 1.98. The average Bonchev–Trinajstić information content (AvgIpc) is 2.38. The van der Waals surface area contributed by atoms with Crippen LogP contribution < -0.4 is 17.3 Å². The second-order valence-electron chi connectivity index (χ2n) is 4.69. The van der Waals surface area contributed by atoms with Crippen LogP contribution in [-0.2, 0) is 9.84 Å². The van der Waals surface area contributed by atoms with Gasteiger partial charge in [0.25, 0.3) is 0 Å². The summed E-state index contributed by atoms with van der Waals surface area (Å²) in [4.78, 5) is 13.1. The molecule has 1 aliphatic rings. The fourth-order valence-electron chi connectivity index (χ4n) is 2.14. The van der Waals surface area contributed by atoms with Gasteiger partial charge in [-0.25, -0.2) is 8.42 Å². The number of carbonyl (C=O) groups is 1. The molecule has 19 heavy (non-hydrogen) atoms. The third-order valence-electron chi connectivity index (χ3n) is 3.33. The number of ketones is 1. The van der Waals surface area contributed by atoms with Crippen LogP contribution in [0.2, 0.25) is 0 Å². The van der Waals surface area contributed by atoms with E-state index in [1.54, 1.807) is 0 Å². The first-order valence-electron chi connectivity index (χ1n) is 6.19. The zero-order valence-electron chi connectivity index (χ0n) is 10.6. The van der Waals surface area contributed by atoms with Crippen LogP contribution in [0, 0.1) is 0 Å². The van der Waals surface area contributed by atoms with Crippen molar-refractivity contribution in [2.24, 2.45) is 0 Å². The van der Waals surface area contributed by atoms with E-state index in [-0.39, 0.29) is 29.7 Å². The summed E-state index contributed by atoms with van der Waals surface area (Å²) in [5.74, 6) is 0.639. The van der Waals surface area contributed by atoms with Crippen molar-refractivity contribution in [1.82, 2.24) is 0 Å². The Kier molecular flexibility index (Phi) is 5.97. The number of hydrogen-bond donors (Lipinski definition) is 1. The molecule has 0 bridgehead atoms. The smallest absolute Gasteiger partial charge is 0.168 e. The van der Waals surface area contributed by atoms with Crippen LogP contribution >= 0.6 is 0 Å². The van der Waals surface area contributed by atoms with Crippen LogP contribution in [0.3, 0.4) is 0 Å². The van der Waals surface area contributed by atoms with E-state index >= 15 is 0 Å². The molecule has 0 atom stereocenters. The Hall–Kier alpha value is -0.910. The van der Waals surface area contributed by atoms with Gasteiger partial charge >= 0.3 is 0 Å². The molecule has 1 N–H and O–H groups in total. The van der Waals surface area contributed by atoms with Crippen LogP contribution in [0.5, 0.6) is 0 Å². The Bertz CT molecular complexity index is 502. The molecule has 0 aromatic heterocycles. The summed E-state index contributed by atoms with van der Waals surface area (Å²) >= 11 is 0. The minimum Gasteiger partial charge on any atom is -1.00 e. The number of hydrogen-bond acceptors (Lipinski definition) is 3. The molecule has 1 fully saturated rings.